The minimum atomic E-state index is -0.0762. The first-order valence-electron chi connectivity index (χ1n) is 9.48. The Balaban J connectivity index is 2.05. The zero-order valence-electron chi connectivity index (χ0n) is 15.4. The molecule has 0 amide bonds. The van der Waals surface area contributed by atoms with E-state index in [9.17, 15) is 0 Å². The van der Waals surface area contributed by atoms with E-state index in [2.05, 4.69) is 82.1 Å². The summed E-state index contributed by atoms with van der Waals surface area (Å²) in [5.41, 5.74) is 4.92. The van der Waals surface area contributed by atoms with Crippen LogP contribution in [0.4, 0.5) is 0 Å². The second-order valence-electron chi connectivity index (χ2n) is 6.75. The van der Waals surface area contributed by atoms with Gasteiger partial charge < -0.3 is 9.47 Å². The van der Waals surface area contributed by atoms with Gasteiger partial charge >= 0.3 is 0 Å². The van der Waals surface area contributed by atoms with Gasteiger partial charge in [0.25, 0.3) is 0 Å². The minimum Gasteiger partial charge on any atom is -0.370 e. The van der Waals surface area contributed by atoms with Crippen LogP contribution in [-0.4, -0.2) is 13.2 Å². The molecule has 0 saturated carbocycles. The van der Waals surface area contributed by atoms with Gasteiger partial charge in [0.1, 0.15) is 12.2 Å². The maximum Gasteiger partial charge on any atom is 0.113 e. The van der Waals surface area contributed by atoms with Crippen LogP contribution >= 0.6 is 31.9 Å². The molecule has 0 saturated heterocycles. The average Bonchev–Trinajstić information content (AvgIpc) is 2.63. The number of unbranched alkanes of at least 4 members (excludes halogenated alkanes) is 2. The number of hydrogen-bond acceptors (Lipinski definition) is 2. The Morgan fingerprint density at radius 3 is 1.54 bits per heavy atom. The second-order valence-corrected chi connectivity index (χ2v) is 8.58. The van der Waals surface area contributed by atoms with Crippen molar-refractivity contribution in [3.05, 3.63) is 56.5 Å². The summed E-state index contributed by atoms with van der Waals surface area (Å²) in [6.07, 6.45) is 4.23. The van der Waals surface area contributed by atoms with Gasteiger partial charge in [-0.25, -0.2) is 0 Å². The van der Waals surface area contributed by atoms with E-state index >= 15 is 0 Å². The predicted octanol–water partition coefficient (Wildman–Crippen LogP) is 7.61. The van der Waals surface area contributed by atoms with Gasteiger partial charge in [-0.2, -0.15) is 0 Å². The third-order valence-electron chi connectivity index (χ3n) is 4.80. The molecule has 0 spiro atoms. The minimum absolute atomic E-state index is 0.0762. The Hall–Kier alpha value is -0.680. The second kappa shape index (κ2) is 9.50. The van der Waals surface area contributed by atoms with Gasteiger partial charge in [0.2, 0.25) is 0 Å². The quantitative estimate of drug-likeness (QED) is 0.361. The van der Waals surface area contributed by atoms with Gasteiger partial charge in [-0.3, -0.25) is 0 Å². The van der Waals surface area contributed by atoms with Crippen molar-refractivity contribution in [3.63, 3.8) is 0 Å². The predicted molar refractivity (Wildman–Crippen MR) is 114 cm³/mol. The fraction of sp³-hybridized carbons (Fsp3) is 0.455. The lowest BCUT2D eigenvalue weighted by molar-refractivity contribution is -0.0805. The molecule has 4 heteroatoms. The summed E-state index contributed by atoms with van der Waals surface area (Å²) in [6, 6.07) is 13.0. The average molecular weight is 482 g/mol. The standard InChI is InChI=1S/C22H26Br2O2/c1-3-5-11-25-21-19-13-15(23)7-9-17(19)18-10-8-16(24)14-20(18)22(21)26-12-6-4-2/h7-10,13-14,21-22H,3-6,11-12H2,1-2H3. The lowest BCUT2D eigenvalue weighted by Crippen LogP contribution is -2.23. The number of ether oxygens (including phenoxy) is 2. The van der Waals surface area contributed by atoms with Crippen LogP contribution in [0, 0.1) is 0 Å². The van der Waals surface area contributed by atoms with Crippen molar-refractivity contribution < 1.29 is 9.47 Å². The van der Waals surface area contributed by atoms with Crippen molar-refractivity contribution in [2.45, 2.75) is 51.7 Å². The summed E-state index contributed by atoms with van der Waals surface area (Å²) in [4.78, 5) is 0. The molecule has 26 heavy (non-hydrogen) atoms. The summed E-state index contributed by atoms with van der Waals surface area (Å²) in [5.74, 6) is 0. The lowest BCUT2D eigenvalue weighted by atomic mass is 9.82. The van der Waals surface area contributed by atoms with Crippen LogP contribution in [0.2, 0.25) is 0 Å². The van der Waals surface area contributed by atoms with Crippen LogP contribution < -0.4 is 0 Å². The highest BCUT2D eigenvalue weighted by molar-refractivity contribution is 9.10. The van der Waals surface area contributed by atoms with Crippen molar-refractivity contribution in [2.24, 2.45) is 0 Å². The smallest absolute Gasteiger partial charge is 0.113 e. The summed E-state index contributed by atoms with van der Waals surface area (Å²) in [7, 11) is 0. The van der Waals surface area contributed by atoms with Crippen molar-refractivity contribution in [1.82, 2.24) is 0 Å². The normalized spacial score (nSPS) is 18.5. The molecule has 0 aromatic heterocycles. The Bertz CT molecular complexity index is 681. The van der Waals surface area contributed by atoms with Crippen LogP contribution in [0.25, 0.3) is 11.1 Å². The number of halogens is 2. The van der Waals surface area contributed by atoms with E-state index < -0.39 is 0 Å². The first-order valence-corrected chi connectivity index (χ1v) is 11.1. The molecule has 0 heterocycles. The fourth-order valence-corrected chi connectivity index (χ4v) is 4.18. The molecule has 140 valence electrons. The van der Waals surface area contributed by atoms with Gasteiger partial charge in [-0.05, 0) is 59.4 Å². The van der Waals surface area contributed by atoms with E-state index in [1.54, 1.807) is 0 Å². The Morgan fingerprint density at radius 1 is 0.731 bits per heavy atom. The molecule has 2 unspecified atom stereocenters. The molecule has 1 aliphatic carbocycles. The highest BCUT2D eigenvalue weighted by Crippen LogP contribution is 2.49. The van der Waals surface area contributed by atoms with Gasteiger partial charge in [-0.15, -0.1) is 0 Å². The SMILES string of the molecule is CCCCOC1c2cc(Br)ccc2-c2ccc(Br)cc2C1OCCCC. The third kappa shape index (κ3) is 4.41. The van der Waals surface area contributed by atoms with Gasteiger partial charge in [-0.1, -0.05) is 70.7 Å². The molecule has 1 aliphatic rings. The van der Waals surface area contributed by atoms with E-state index in [0.29, 0.717) is 0 Å². The number of hydrogen-bond donors (Lipinski definition) is 0. The molecule has 0 fully saturated rings. The molecule has 0 aliphatic heterocycles. The summed E-state index contributed by atoms with van der Waals surface area (Å²) in [5, 5.41) is 0. The van der Waals surface area contributed by atoms with E-state index in [1.165, 1.54) is 22.3 Å². The van der Waals surface area contributed by atoms with Crippen molar-refractivity contribution in [3.8, 4) is 11.1 Å². The highest BCUT2D eigenvalue weighted by Gasteiger charge is 2.35. The fourth-order valence-electron chi connectivity index (χ4n) is 3.42. The maximum absolute atomic E-state index is 6.38. The van der Waals surface area contributed by atoms with Crippen LogP contribution in [0.5, 0.6) is 0 Å². The van der Waals surface area contributed by atoms with E-state index in [-0.39, 0.29) is 12.2 Å². The van der Waals surface area contributed by atoms with Gasteiger partial charge in [0.05, 0.1) is 0 Å². The molecule has 0 bridgehead atoms. The summed E-state index contributed by atoms with van der Waals surface area (Å²) >= 11 is 7.26. The lowest BCUT2D eigenvalue weighted by Gasteiger charge is -2.35. The van der Waals surface area contributed by atoms with Crippen molar-refractivity contribution in [2.75, 3.05) is 13.2 Å². The maximum atomic E-state index is 6.38. The molecular weight excluding hydrogens is 456 g/mol. The largest absolute Gasteiger partial charge is 0.370 e. The first-order chi connectivity index (χ1) is 12.7. The first kappa shape index (κ1) is 20.1. The zero-order chi connectivity index (χ0) is 18.5. The monoisotopic (exact) mass is 480 g/mol. The van der Waals surface area contributed by atoms with E-state index in [4.69, 9.17) is 9.47 Å². The zero-order valence-corrected chi connectivity index (χ0v) is 18.6. The van der Waals surface area contributed by atoms with Crippen LogP contribution in [-0.2, 0) is 9.47 Å². The molecule has 2 nitrogen and oxygen atoms in total. The number of benzene rings is 2. The van der Waals surface area contributed by atoms with Crippen LogP contribution in [0.1, 0.15) is 62.9 Å². The molecule has 2 aromatic rings. The van der Waals surface area contributed by atoms with Crippen LogP contribution in [0.15, 0.2) is 45.3 Å². The van der Waals surface area contributed by atoms with Crippen LogP contribution in [0.3, 0.4) is 0 Å². The highest BCUT2D eigenvalue weighted by atomic mass is 79.9. The van der Waals surface area contributed by atoms with Crippen molar-refractivity contribution in [1.29, 1.82) is 0 Å². The van der Waals surface area contributed by atoms with Crippen molar-refractivity contribution >= 4 is 31.9 Å². The third-order valence-corrected chi connectivity index (χ3v) is 5.78. The molecule has 3 rings (SSSR count). The topological polar surface area (TPSA) is 18.5 Å². The Kier molecular flexibility index (Phi) is 7.33. The van der Waals surface area contributed by atoms with E-state index in [1.807, 2.05) is 0 Å². The molecular formula is C22H26Br2O2. The Labute approximate surface area is 173 Å². The van der Waals surface area contributed by atoms with Gasteiger partial charge in [0.15, 0.2) is 0 Å². The number of rotatable bonds is 8. The summed E-state index contributed by atoms with van der Waals surface area (Å²) < 4.78 is 14.9. The number of fused-ring (bicyclic) bond motifs is 3. The Morgan fingerprint density at radius 2 is 1.15 bits per heavy atom. The van der Waals surface area contributed by atoms with Gasteiger partial charge in [0, 0.05) is 22.2 Å². The molecule has 0 radical (unpaired) electrons. The van der Waals surface area contributed by atoms with E-state index in [0.717, 1.165) is 47.8 Å². The molecule has 2 aromatic carbocycles. The molecule has 0 N–H and O–H groups in total. The molecule has 2 atom stereocenters. The summed E-state index contributed by atoms with van der Waals surface area (Å²) in [6.45, 7) is 5.89.